The molecular formula is C19H28O11. The lowest BCUT2D eigenvalue weighted by Gasteiger charge is -2.45. The van der Waals surface area contributed by atoms with Gasteiger partial charge < -0.3 is 54.7 Å². The van der Waals surface area contributed by atoms with Gasteiger partial charge in [-0.25, -0.2) is 0 Å². The highest BCUT2D eigenvalue weighted by Gasteiger charge is 2.50. The largest absolute Gasteiger partial charge is 0.394 e. The lowest BCUT2D eigenvalue weighted by molar-refractivity contribution is -0.368. The van der Waals surface area contributed by atoms with Gasteiger partial charge in [-0.15, -0.1) is 0 Å². The molecule has 3 rings (SSSR count). The van der Waals surface area contributed by atoms with Crippen LogP contribution in [-0.2, 0) is 25.6 Å². The fourth-order valence-corrected chi connectivity index (χ4v) is 3.42. The van der Waals surface area contributed by atoms with Crippen molar-refractivity contribution in [2.45, 2.75) is 68.0 Å². The van der Waals surface area contributed by atoms with E-state index in [0.717, 1.165) is 5.56 Å². The van der Waals surface area contributed by atoms with Crippen molar-refractivity contribution in [1.29, 1.82) is 0 Å². The first-order valence-electron chi connectivity index (χ1n) is 9.61. The second kappa shape index (κ2) is 10.4. The zero-order valence-corrected chi connectivity index (χ0v) is 16.0. The Morgan fingerprint density at radius 3 is 1.87 bits per heavy atom. The quantitative estimate of drug-likeness (QED) is 0.231. The van der Waals surface area contributed by atoms with E-state index >= 15 is 0 Å². The molecule has 2 aliphatic rings. The average molecular weight is 432 g/mol. The number of aliphatic hydroxyl groups is 7. The maximum atomic E-state index is 10.5. The van der Waals surface area contributed by atoms with Crippen LogP contribution in [0.25, 0.3) is 0 Å². The summed E-state index contributed by atoms with van der Waals surface area (Å²) in [5.74, 6) is 0. The minimum atomic E-state index is -1.71. The van der Waals surface area contributed by atoms with E-state index in [-0.39, 0.29) is 6.61 Å². The average Bonchev–Trinajstić information content (AvgIpc) is 2.77. The van der Waals surface area contributed by atoms with Crippen LogP contribution < -0.4 is 0 Å². The Kier molecular flexibility index (Phi) is 8.12. The van der Waals surface area contributed by atoms with Crippen LogP contribution in [0.5, 0.6) is 0 Å². The molecule has 1 aromatic carbocycles. The van der Waals surface area contributed by atoms with Crippen molar-refractivity contribution in [3.63, 3.8) is 0 Å². The van der Waals surface area contributed by atoms with Gasteiger partial charge in [0.05, 0.1) is 19.8 Å². The Bertz CT molecular complexity index is 645. The van der Waals surface area contributed by atoms with E-state index in [4.69, 9.17) is 18.9 Å². The number of hydrogen-bond donors (Lipinski definition) is 7. The summed E-state index contributed by atoms with van der Waals surface area (Å²) in [5, 5.41) is 69.5. The SMILES string of the molecule is OC[C@H]1O[C@@H](O[C@H]2[C@H](OCc3ccccc3)O[C@H](CO)[C@@H](O)[C@@H]2O)[C@H](O)[C@@H](O)[C@@H]1O. The summed E-state index contributed by atoms with van der Waals surface area (Å²) in [6, 6.07) is 9.03. The van der Waals surface area contributed by atoms with Crippen LogP contribution in [0.4, 0.5) is 0 Å². The molecule has 0 aliphatic carbocycles. The Hall–Kier alpha value is -1.22. The molecule has 2 aliphatic heterocycles. The van der Waals surface area contributed by atoms with Gasteiger partial charge in [0.15, 0.2) is 12.6 Å². The fraction of sp³-hybridized carbons (Fsp3) is 0.684. The minimum absolute atomic E-state index is 0.0566. The predicted octanol–water partition coefficient (Wildman–Crippen LogP) is -3.17. The molecule has 10 atom stereocenters. The summed E-state index contributed by atoms with van der Waals surface area (Å²) in [7, 11) is 0. The zero-order valence-electron chi connectivity index (χ0n) is 16.0. The highest BCUT2D eigenvalue weighted by atomic mass is 16.8. The number of aliphatic hydroxyl groups excluding tert-OH is 7. The van der Waals surface area contributed by atoms with Crippen LogP contribution in [0.3, 0.4) is 0 Å². The van der Waals surface area contributed by atoms with E-state index < -0.39 is 74.6 Å². The smallest absolute Gasteiger partial charge is 0.187 e. The lowest BCUT2D eigenvalue weighted by atomic mass is 9.97. The van der Waals surface area contributed by atoms with Gasteiger partial charge >= 0.3 is 0 Å². The van der Waals surface area contributed by atoms with Gasteiger partial charge in [0, 0.05) is 0 Å². The summed E-state index contributed by atoms with van der Waals surface area (Å²) in [6.45, 7) is -1.19. The summed E-state index contributed by atoms with van der Waals surface area (Å²) >= 11 is 0. The molecule has 11 heteroatoms. The molecule has 30 heavy (non-hydrogen) atoms. The van der Waals surface area contributed by atoms with Gasteiger partial charge in [-0.1, -0.05) is 30.3 Å². The molecule has 1 aromatic rings. The third-order valence-electron chi connectivity index (χ3n) is 5.22. The molecule has 0 bridgehead atoms. The van der Waals surface area contributed by atoms with E-state index in [1.807, 2.05) is 6.07 Å². The highest BCUT2D eigenvalue weighted by molar-refractivity contribution is 5.13. The third-order valence-corrected chi connectivity index (χ3v) is 5.22. The Balaban J connectivity index is 1.75. The van der Waals surface area contributed by atoms with Crippen molar-refractivity contribution in [3.8, 4) is 0 Å². The van der Waals surface area contributed by atoms with E-state index in [0.29, 0.717) is 0 Å². The standard InChI is InChI=1S/C19H28O11/c20-6-10-12(22)14(24)16(26)18(28-10)30-17-15(25)13(23)11(7-21)29-19(17)27-8-9-4-2-1-3-5-9/h1-5,10-26H,6-8H2/t10-,11-,12-,13-,14+,15+,16-,17-,18+,19-/m1/s1. The van der Waals surface area contributed by atoms with Crippen LogP contribution in [0.15, 0.2) is 30.3 Å². The van der Waals surface area contributed by atoms with Gasteiger partial charge in [0.25, 0.3) is 0 Å². The topological polar surface area (TPSA) is 179 Å². The summed E-state index contributed by atoms with van der Waals surface area (Å²) in [4.78, 5) is 0. The van der Waals surface area contributed by atoms with Gasteiger partial charge in [-0.05, 0) is 5.56 Å². The first kappa shape index (κ1) is 23.4. The number of ether oxygens (including phenoxy) is 4. The molecule has 0 amide bonds. The van der Waals surface area contributed by atoms with Gasteiger partial charge in [-0.3, -0.25) is 0 Å². The van der Waals surface area contributed by atoms with Crippen LogP contribution in [0.1, 0.15) is 5.56 Å². The van der Waals surface area contributed by atoms with Gasteiger partial charge in [-0.2, -0.15) is 0 Å². The molecule has 0 spiro atoms. The van der Waals surface area contributed by atoms with Crippen molar-refractivity contribution in [1.82, 2.24) is 0 Å². The molecular weight excluding hydrogens is 404 g/mol. The van der Waals surface area contributed by atoms with Gasteiger partial charge in [0.2, 0.25) is 0 Å². The molecule has 2 heterocycles. The monoisotopic (exact) mass is 432 g/mol. The maximum Gasteiger partial charge on any atom is 0.187 e. The van der Waals surface area contributed by atoms with Crippen LogP contribution in [0.2, 0.25) is 0 Å². The molecule has 170 valence electrons. The van der Waals surface area contributed by atoms with Crippen molar-refractivity contribution in [2.24, 2.45) is 0 Å². The summed E-state index contributed by atoms with van der Waals surface area (Å²) in [6.07, 6.45) is -14.7. The van der Waals surface area contributed by atoms with Crippen LogP contribution in [-0.4, -0.2) is 110 Å². The van der Waals surface area contributed by atoms with Crippen LogP contribution in [0, 0.1) is 0 Å². The molecule has 0 unspecified atom stereocenters. The summed E-state index contributed by atoms with van der Waals surface area (Å²) in [5.41, 5.74) is 0.786. The number of rotatable bonds is 7. The molecule has 7 N–H and O–H groups in total. The van der Waals surface area contributed by atoms with Gasteiger partial charge in [0.1, 0.15) is 48.8 Å². The van der Waals surface area contributed by atoms with E-state index in [1.54, 1.807) is 24.3 Å². The van der Waals surface area contributed by atoms with Crippen molar-refractivity contribution >= 4 is 0 Å². The zero-order chi connectivity index (χ0) is 21.8. The van der Waals surface area contributed by atoms with Crippen LogP contribution >= 0.6 is 0 Å². The number of hydrogen-bond acceptors (Lipinski definition) is 11. The summed E-state index contributed by atoms with van der Waals surface area (Å²) < 4.78 is 22.1. The second-order valence-electron chi connectivity index (χ2n) is 7.30. The first-order valence-corrected chi connectivity index (χ1v) is 9.61. The second-order valence-corrected chi connectivity index (χ2v) is 7.30. The predicted molar refractivity (Wildman–Crippen MR) is 97.6 cm³/mol. The normalized spacial score (nSPS) is 42.2. The fourth-order valence-electron chi connectivity index (χ4n) is 3.42. The molecule has 11 nitrogen and oxygen atoms in total. The Morgan fingerprint density at radius 1 is 0.700 bits per heavy atom. The molecule has 0 radical (unpaired) electrons. The molecule has 0 saturated carbocycles. The van der Waals surface area contributed by atoms with Crippen molar-refractivity contribution < 1.29 is 54.7 Å². The molecule has 2 fully saturated rings. The molecule has 2 saturated heterocycles. The lowest BCUT2D eigenvalue weighted by Crippen LogP contribution is -2.64. The van der Waals surface area contributed by atoms with E-state index in [9.17, 15) is 35.7 Å². The third kappa shape index (κ3) is 4.98. The minimum Gasteiger partial charge on any atom is -0.394 e. The Morgan fingerprint density at radius 2 is 1.27 bits per heavy atom. The molecule has 0 aromatic heterocycles. The van der Waals surface area contributed by atoms with E-state index in [2.05, 4.69) is 0 Å². The number of benzene rings is 1. The van der Waals surface area contributed by atoms with Crippen molar-refractivity contribution in [2.75, 3.05) is 13.2 Å². The Labute approximate surface area is 172 Å². The maximum absolute atomic E-state index is 10.5. The first-order chi connectivity index (χ1) is 14.4. The van der Waals surface area contributed by atoms with Crippen molar-refractivity contribution in [3.05, 3.63) is 35.9 Å². The highest BCUT2D eigenvalue weighted by Crippen LogP contribution is 2.30. The van der Waals surface area contributed by atoms with E-state index in [1.165, 1.54) is 0 Å².